The van der Waals surface area contributed by atoms with Crippen molar-refractivity contribution in [2.75, 3.05) is 5.32 Å². The number of carboxylic acid groups (broad SMARTS) is 1. The van der Waals surface area contributed by atoms with Crippen molar-refractivity contribution < 1.29 is 14.7 Å². The smallest absolute Gasteiger partial charge is 0.303 e. The van der Waals surface area contributed by atoms with Crippen LogP contribution in [0.15, 0.2) is 48.7 Å². The van der Waals surface area contributed by atoms with Gasteiger partial charge < -0.3 is 10.4 Å². The van der Waals surface area contributed by atoms with Crippen LogP contribution in [0.5, 0.6) is 0 Å². The molecule has 0 aliphatic rings. The summed E-state index contributed by atoms with van der Waals surface area (Å²) in [5, 5.41) is 11.4. The van der Waals surface area contributed by atoms with Crippen LogP contribution in [0.2, 0.25) is 0 Å². The molecule has 0 saturated carbocycles. The maximum Gasteiger partial charge on any atom is 0.303 e. The minimum atomic E-state index is -0.840. The van der Waals surface area contributed by atoms with Gasteiger partial charge in [0, 0.05) is 18.3 Å². The zero-order valence-corrected chi connectivity index (χ0v) is 10.7. The van der Waals surface area contributed by atoms with Gasteiger partial charge >= 0.3 is 5.97 Å². The normalized spacial score (nSPS) is 10.0. The maximum absolute atomic E-state index is 11.9. The predicted molar refractivity (Wildman–Crippen MR) is 74.6 cm³/mol. The molecule has 0 bridgehead atoms. The molecular weight excluding hydrogens is 256 g/mol. The Balaban J connectivity index is 2.04. The quantitative estimate of drug-likeness (QED) is 0.874. The largest absolute Gasteiger partial charge is 0.481 e. The van der Waals surface area contributed by atoms with Gasteiger partial charge in [0.15, 0.2) is 0 Å². The number of carbonyl (C=O) groups excluding carboxylic acids is 1. The number of carbonyl (C=O) groups is 2. The summed E-state index contributed by atoms with van der Waals surface area (Å²) >= 11 is 0. The lowest BCUT2D eigenvalue weighted by Crippen LogP contribution is -2.13. The van der Waals surface area contributed by atoms with Gasteiger partial charge in [-0.25, -0.2) is 0 Å². The lowest BCUT2D eigenvalue weighted by molar-refractivity contribution is -0.136. The minimum absolute atomic E-state index is 0.0671. The van der Waals surface area contributed by atoms with Gasteiger partial charge in [-0.1, -0.05) is 18.2 Å². The topological polar surface area (TPSA) is 79.3 Å². The molecule has 1 heterocycles. The average Bonchev–Trinajstić information content (AvgIpc) is 2.46. The first-order valence-corrected chi connectivity index (χ1v) is 6.18. The first-order chi connectivity index (χ1) is 9.65. The van der Waals surface area contributed by atoms with Crippen LogP contribution in [0.1, 0.15) is 22.5 Å². The van der Waals surface area contributed by atoms with Crippen molar-refractivity contribution in [1.82, 2.24) is 4.98 Å². The molecule has 2 rings (SSSR count). The molecule has 1 aromatic heterocycles. The highest BCUT2D eigenvalue weighted by Crippen LogP contribution is 2.13. The molecule has 1 amide bonds. The van der Waals surface area contributed by atoms with E-state index in [1.807, 2.05) is 6.07 Å². The Morgan fingerprint density at radius 3 is 2.70 bits per heavy atom. The first-order valence-electron chi connectivity index (χ1n) is 6.18. The van der Waals surface area contributed by atoms with Gasteiger partial charge in [0.25, 0.3) is 5.91 Å². The van der Waals surface area contributed by atoms with Crippen LogP contribution in [0.3, 0.4) is 0 Å². The molecular formula is C15H14N2O3. The van der Waals surface area contributed by atoms with Crippen LogP contribution < -0.4 is 5.32 Å². The van der Waals surface area contributed by atoms with Gasteiger partial charge in [0.1, 0.15) is 5.69 Å². The molecule has 0 saturated heterocycles. The zero-order chi connectivity index (χ0) is 14.4. The van der Waals surface area contributed by atoms with Crippen LogP contribution in [0.25, 0.3) is 0 Å². The average molecular weight is 270 g/mol. The number of pyridine rings is 1. The summed E-state index contributed by atoms with van der Waals surface area (Å²) in [6.07, 6.45) is 2.05. The third kappa shape index (κ3) is 3.91. The van der Waals surface area contributed by atoms with Crippen molar-refractivity contribution in [3.05, 3.63) is 59.9 Å². The summed E-state index contributed by atoms with van der Waals surface area (Å²) in [6, 6.07) is 12.2. The molecule has 102 valence electrons. The summed E-state index contributed by atoms with van der Waals surface area (Å²) in [5.41, 5.74) is 1.83. The molecule has 0 atom stereocenters. The Kier molecular flexibility index (Phi) is 4.44. The number of anilines is 1. The summed E-state index contributed by atoms with van der Waals surface area (Å²) in [5.74, 6) is -1.13. The summed E-state index contributed by atoms with van der Waals surface area (Å²) in [7, 11) is 0. The van der Waals surface area contributed by atoms with E-state index in [9.17, 15) is 9.59 Å². The molecule has 5 nitrogen and oxygen atoms in total. The molecule has 20 heavy (non-hydrogen) atoms. The standard InChI is InChI=1S/C15H14N2O3/c18-14(19)8-7-11-4-3-5-12(10-11)17-15(20)13-6-1-2-9-16-13/h1-6,9-10H,7-8H2,(H,17,20)(H,18,19). The van der Waals surface area contributed by atoms with Crippen LogP contribution in [0, 0.1) is 0 Å². The Morgan fingerprint density at radius 2 is 2.00 bits per heavy atom. The van der Waals surface area contributed by atoms with Crippen molar-refractivity contribution in [3.8, 4) is 0 Å². The number of aliphatic carboxylic acids is 1. The number of hydrogen-bond acceptors (Lipinski definition) is 3. The Morgan fingerprint density at radius 1 is 1.15 bits per heavy atom. The Hall–Kier alpha value is -2.69. The van der Waals surface area contributed by atoms with Crippen molar-refractivity contribution in [2.24, 2.45) is 0 Å². The van der Waals surface area contributed by atoms with E-state index in [0.29, 0.717) is 17.8 Å². The second kappa shape index (κ2) is 6.47. The van der Waals surface area contributed by atoms with Crippen molar-refractivity contribution in [3.63, 3.8) is 0 Å². The lowest BCUT2D eigenvalue weighted by atomic mass is 10.1. The Labute approximate surface area is 116 Å². The van der Waals surface area contributed by atoms with Crippen molar-refractivity contribution >= 4 is 17.6 Å². The SMILES string of the molecule is O=C(O)CCc1cccc(NC(=O)c2ccccn2)c1. The van der Waals surface area contributed by atoms with E-state index in [2.05, 4.69) is 10.3 Å². The van der Waals surface area contributed by atoms with Crippen molar-refractivity contribution in [1.29, 1.82) is 0 Å². The number of rotatable bonds is 5. The predicted octanol–water partition coefficient (Wildman–Crippen LogP) is 2.35. The van der Waals surface area contributed by atoms with Gasteiger partial charge in [-0.15, -0.1) is 0 Å². The van der Waals surface area contributed by atoms with Gasteiger partial charge in [-0.3, -0.25) is 14.6 Å². The highest BCUT2D eigenvalue weighted by atomic mass is 16.4. The maximum atomic E-state index is 11.9. The second-order valence-electron chi connectivity index (χ2n) is 4.26. The van der Waals surface area contributed by atoms with Crippen LogP contribution in [0.4, 0.5) is 5.69 Å². The second-order valence-corrected chi connectivity index (χ2v) is 4.26. The van der Waals surface area contributed by atoms with E-state index in [0.717, 1.165) is 5.56 Å². The molecule has 1 aromatic carbocycles. The molecule has 2 aromatic rings. The molecule has 0 radical (unpaired) electrons. The molecule has 0 aliphatic carbocycles. The summed E-state index contributed by atoms with van der Waals surface area (Å²) in [6.45, 7) is 0. The molecule has 0 fully saturated rings. The van der Waals surface area contributed by atoms with E-state index in [4.69, 9.17) is 5.11 Å². The van der Waals surface area contributed by atoms with Crippen LogP contribution in [-0.2, 0) is 11.2 Å². The third-order valence-electron chi connectivity index (χ3n) is 2.71. The number of nitrogens with one attached hydrogen (secondary N) is 1. The molecule has 5 heteroatoms. The minimum Gasteiger partial charge on any atom is -0.481 e. The van der Waals surface area contributed by atoms with Crippen LogP contribution in [-0.4, -0.2) is 22.0 Å². The molecule has 0 unspecified atom stereocenters. The lowest BCUT2D eigenvalue weighted by Gasteiger charge is -2.06. The fourth-order valence-electron chi connectivity index (χ4n) is 1.75. The van der Waals surface area contributed by atoms with Gasteiger partial charge in [-0.05, 0) is 36.2 Å². The number of hydrogen-bond donors (Lipinski definition) is 2. The first kappa shape index (κ1) is 13.7. The fourth-order valence-corrected chi connectivity index (χ4v) is 1.75. The van der Waals surface area contributed by atoms with E-state index in [1.54, 1.807) is 42.6 Å². The number of nitrogens with zero attached hydrogens (tertiary/aromatic N) is 1. The zero-order valence-electron chi connectivity index (χ0n) is 10.7. The number of aryl methyl sites for hydroxylation is 1. The Bertz CT molecular complexity index is 612. The van der Waals surface area contributed by atoms with Crippen molar-refractivity contribution in [2.45, 2.75) is 12.8 Å². The number of amides is 1. The molecule has 2 N–H and O–H groups in total. The monoisotopic (exact) mass is 270 g/mol. The van der Waals surface area contributed by atoms with Gasteiger partial charge in [-0.2, -0.15) is 0 Å². The fraction of sp³-hybridized carbons (Fsp3) is 0.133. The summed E-state index contributed by atoms with van der Waals surface area (Å²) in [4.78, 5) is 26.4. The highest BCUT2D eigenvalue weighted by molar-refractivity contribution is 6.02. The third-order valence-corrected chi connectivity index (χ3v) is 2.71. The number of benzene rings is 1. The number of carboxylic acids is 1. The van der Waals surface area contributed by atoms with Crippen LogP contribution >= 0.6 is 0 Å². The molecule has 0 aliphatic heterocycles. The van der Waals surface area contributed by atoms with E-state index >= 15 is 0 Å². The van der Waals surface area contributed by atoms with Gasteiger partial charge in [0.2, 0.25) is 0 Å². The van der Waals surface area contributed by atoms with E-state index in [1.165, 1.54) is 0 Å². The number of aromatic nitrogens is 1. The van der Waals surface area contributed by atoms with E-state index < -0.39 is 5.97 Å². The highest BCUT2D eigenvalue weighted by Gasteiger charge is 2.07. The summed E-state index contributed by atoms with van der Waals surface area (Å²) < 4.78 is 0. The molecule has 0 spiro atoms. The van der Waals surface area contributed by atoms with E-state index in [-0.39, 0.29) is 12.3 Å². The van der Waals surface area contributed by atoms with Gasteiger partial charge in [0.05, 0.1) is 0 Å².